The Morgan fingerprint density at radius 1 is 0.655 bits per heavy atom. The third kappa shape index (κ3) is 7.32. The molecule has 0 heterocycles. The van der Waals surface area contributed by atoms with E-state index in [2.05, 4.69) is 9.98 Å². The fourth-order valence-electron chi connectivity index (χ4n) is 2.10. The minimum atomic E-state index is -0.538. The molecule has 0 aliphatic heterocycles. The first-order valence-electron chi connectivity index (χ1n) is 8.42. The molecular weight excluding hydrogens is 380 g/mol. The first kappa shape index (κ1) is 21.4. The number of isocyanates is 2. The zero-order valence-corrected chi connectivity index (χ0v) is 15.2. The molecule has 0 bridgehead atoms. The molecule has 0 aliphatic rings. The van der Waals surface area contributed by atoms with Crippen molar-refractivity contribution in [3.8, 4) is 0 Å². The van der Waals surface area contributed by atoms with Gasteiger partial charge in [-0.05, 0) is 48.5 Å². The molecule has 148 valence electrons. The van der Waals surface area contributed by atoms with Crippen LogP contribution in [0.3, 0.4) is 0 Å². The molecule has 0 N–H and O–H groups in total. The summed E-state index contributed by atoms with van der Waals surface area (Å²) in [7, 11) is 0. The second-order valence-corrected chi connectivity index (χ2v) is 5.38. The third-order valence-electron chi connectivity index (χ3n) is 3.48. The van der Waals surface area contributed by atoms with Crippen LogP contribution in [-0.2, 0) is 23.8 Å². The van der Waals surface area contributed by atoms with Crippen LogP contribution in [0, 0.1) is 0 Å². The number of hydrogen-bond donors (Lipinski definition) is 0. The molecule has 2 aromatic carbocycles. The molecule has 0 spiro atoms. The second-order valence-electron chi connectivity index (χ2n) is 5.38. The number of esters is 2. The van der Waals surface area contributed by atoms with Crippen molar-refractivity contribution in [2.75, 3.05) is 26.4 Å². The second kappa shape index (κ2) is 11.7. The summed E-state index contributed by atoms with van der Waals surface area (Å²) >= 11 is 0. The van der Waals surface area contributed by atoms with Crippen LogP contribution in [-0.4, -0.2) is 50.5 Å². The van der Waals surface area contributed by atoms with Crippen LogP contribution in [0.2, 0.25) is 0 Å². The van der Waals surface area contributed by atoms with Crippen LogP contribution in [0.5, 0.6) is 0 Å². The number of hydrogen-bond acceptors (Lipinski definition) is 9. The number of carbonyl (C=O) groups excluding carboxylic acids is 4. The Bertz CT molecular complexity index is 849. The maximum Gasteiger partial charge on any atom is 0.338 e. The Labute approximate surface area is 165 Å². The smallest absolute Gasteiger partial charge is 0.338 e. The Kier molecular flexibility index (Phi) is 8.66. The average molecular weight is 396 g/mol. The SMILES string of the molecule is O=C=Nc1ccc(C(=O)OCCOCCOC(=O)c2ccc(N=C=O)cc2)cc1. The third-order valence-corrected chi connectivity index (χ3v) is 3.48. The van der Waals surface area contributed by atoms with Crippen LogP contribution < -0.4 is 0 Å². The first-order chi connectivity index (χ1) is 14.1. The molecule has 2 rings (SSSR count). The Morgan fingerprint density at radius 2 is 1.03 bits per heavy atom. The number of aliphatic imine (C=N–C) groups is 2. The number of nitrogens with zero attached hydrogens (tertiary/aromatic N) is 2. The number of ether oxygens (including phenoxy) is 3. The summed E-state index contributed by atoms with van der Waals surface area (Å²) in [4.78, 5) is 50.8. The van der Waals surface area contributed by atoms with E-state index in [9.17, 15) is 19.2 Å². The molecule has 9 nitrogen and oxygen atoms in total. The van der Waals surface area contributed by atoms with E-state index in [1.165, 1.54) is 60.7 Å². The van der Waals surface area contributed by atoms with Gasteiger partial charge in [-0.1, -0.05) is 0 Å². The summed E-state index contributed by atoms with van der Waals surface area (Å²) in [5.41, 5.74) is 1.40. The summed E-state index contributed by atoms with van der Waals surface area (Å²) < 4.78 is 15.3. The zero-order chi connectivity index (χ0) is 20.9. The van der Waals surface area contributed by atoms with Crippen molar-refractivity contribution in [3.63, 3.8) is 0 Å². The van der Waals surface area contributed by atoms with Crippen LogP contribution in [0.1, 0.15) is 20.7 Å². The molecular formula is C20H16N2O7. The predicted molar refractivity (Wildman–Crippen MR) is 99.8 cm³/mol. The van der Waals surface area contributed by atoms with Gasteiger partial charge < -0.3 is 14.2 Å². The van der Waals surface area contributed by atoms with Crippen molar-refractivity contribution in [2.24, 2.45) is 9.98 Å². The molecule has 9 heteroatoms. The van der Waals surface area contributed by atoms with E-state index in [0.717, 1.165) is 0 Å². The lowest BCUT2D eigenvalue weighted by molar-refractivity contribution is 0.0151. The van der Waals surface area contributed by atoms with Crippen LogP contribution in [0.25, 0.3) is 0 Å². The summed E-state index contributed by atoms with van der Waals surface area (Å²) in [6.07, 6.45) is 2.82. The van der Waals surface area contributed by atoms with E-state index >= 15 is 0 Å². The fraction of sp³-hybridized carbons (Fsp3) is 0.200. The molecule has 0 atom stereocenters. The minimum Gasteiger partial charge on any atom is -0.460 e. The maximum absolute atomic E-state index is 11.8. The highest BCUT2D eigenvalue weighted by Crippen LogP contribution is 2.13. The van der Waals surface area contributed by atoms with Crippen molar-refractivity contribution in [3.05, 3.63) is 59.7 Å². The van der Waals surface area contributed by atoms with E-state index in [0.29, 0.717) is 22.5 Å². The van der Waals surface area contributed by atoms with Gasteiger partial charge >= 0.3 is 11.9 Å². The molecule has 0 aliphatic carbocycles. The standard InChI is InChI=1S/C20H16N2O7/c23-13-21-17-5-1-15(2-6-17)19(25)28-11-9-27-10-12-29-20(26)16-3-7-18(8-4-16)22-14-24/h1-8H,9-12H2. The largest absolute Gasteiger partial charge is 0.460 e. The number of rotatable bonds is 10. The van der Waals surface area contributed by atoms with E-state index < -0.39 is 11.9 Å². The molecule has 0 aromatic heterocycles. The van der Waals surface area contributed by atoms with Crippen molar-refractivity contribution in [1.82, 2.24) is 0 Å². The van der Waals surface area contributed by atoms with Crippen molar-refractivity contribution in [1.29, 1.82) is 0 Å². The molecule has 0 saturated heterocycles. The lowest BCUT2D eigenvalue weighted by Gasteiger charge is -2.07. The van der Waals surface area contributed by atoms with Crippen molar-refractivity contribution < 1.29 is 33.4 Å². The minimum absolute atomic E-state index is 0.0275. The molecule has 0 amide bonds. The van der Waals surface area contributed by atoms with Gasteiger partial charge in [0.2, 0.25) is 12.2 Å². The van der Waals surface area contributed by atoms with E-state index in [1.54, 1.807) is 0 Å². The summed E-state index contributed by atoms with van der Waals surface area (Å²) in [5, 5.41) is 0. The van der Waals surface area contributed by atoms with Gasteiger partial charge in [-0.15, -0.1) is 0 Å². The van der Waals surface area contributed by atoms with Gasteiger partial charge in [0.05, 0.1) is 35.7 Å². The van der Waals surface area contributed by atoms with Crippen molar-refractivity contribution >= 4 is 35.5 Å². The highest BCUT2D eigenvalue weighted by atomic mass is 16.6. The predicted octanol–water partition coefficient (Wildman–Crippen LogP) is 2.65. The van der Waals surface area contributed by atoms with E-state index in [-0.39, 0.29) is 26.4 Å². The number of benzene rings is 2. The highest BCUT2D eigenvalue weighted by molar-refractivity contribution is 5.90. The Hall–Kier alpha value is -3.90. The quantitative estimate of drug-likeness (QED) is 0.262. The summed E-state index contributed by atoms with van der Waals surface area (Å²) in [6.45, 7) is 0.323. The normalized spacial score (nSPS) is 9.66. The van der Waals surface area contributed by atoms with Gasteiger partial charge in [-0.3, -0.25) is 0 Å². The molecule has 29 heavy (non-hydrogen) atoms. The lowest BCUT2D eigenvalue weighted by Crippen LogP contribution is -2.14. The lowest BCUT2D eigenvalue weighted by atomic mass is 10.2. The monoisotopic (exact) mass is 396 g/mol. The number of carbonyl (C=O) groups is 2. The summed E-state index contributed by atoms with van der Waals surface area (Å²) in [6, 6.07) is 11.9. The Morgan fingerprint density at radius 3 is 1.38 bits per heavy atom. The van der Waals surface area contributed by atoms with Gasteiger partial charge in [0, 0.05) is 0 Å². The Balaban J connectivity index is 1.60. The van der Waals surface area contributed by atoms with Gasteiger partial charge in [0.15, 0.2) is 0 Å². The maximum atomic E-state index is 11.8. The molecule has 0 fully saturated rings. The van der Waals surface area contributed by atoms with Gasteiger partial charge in [-0.2, -0.15) is 9.98 Å². The van der Waals surface area contributed by atoms with Gasteiger partial charge in [0.25, 0.3) is 0 Å². The average Bonchev–Trinajstić information content (AvgIpc) is 2.74. The highest BCUT2D eigenvalue weighted by Gasteiger charge is 2.08. The van der Waals surface area contributed by atoms with Gasteiger partial charge in [-0.25, -0.2) is 19.2 Å². The van der Waals surface area contributed by atoms with Crippen LogP contribution >= 0.6 is 0 Å². The van der Waals surface area contributed by atoms with Crippen LogP contribution in [0.15, 0.2) is 58.5 Å². The van der Waals surface area contributed by atoms with Gasteiger partial charge in [0.1, 0.15) is 13.2 Å². The molecule has 0 radical (unpaired) electrons. The first-order valence-corrected chi connectivity index (χ1v) is 8.42. The fourth-order valence-corrected chi connectivity index (χ4v) is 2.10. The topological polar surface area (TPSA) is 121 Å². The molecule has 0 saturated carbocycles. The molecule has 2 aromatic rings. The van der Waals surface area contributed by atoms with Crippen molar-refractivity contribution in [2.45, 2.75) is 0 Å². The molecule has 0 unspecified atom stereocenters. The zero-order valence-electron chi connectivity index (χ0n) is 15.2. The van der Waals surface area contributed by atoms with E-state index in [4.69, 9.17) is 14.2 Å². The summed E-state index contributed by atoms with van der Waals surface area (Å²) in [5.74, 6) is -1.08. The van der Waals surface area contributed by atoms with E-state index in [1.807, 2.05) is 0 Å². The van der Waals surface area contributed by atoms with Crippen LogP contribution in [0.4, 0.5) is 11.4 Å².